The molecular weight excluding hydrogens is 260 g/mol. The van der Waals surface area contributed by atoms with Gasteiger partial charge in [0.25, 0.3) is 0 Å². The van der Waals surface area contributed by atoms with Crippen LogP contribution in [0, 0.1) is 0 Å². The lowest BCUT2D eigenvalue weighted by molar-refractivity contribution is 0.236. The molecule has 2 rings (SSSR count). The highest BCUT2D eigenvalue weighted by atomic mass is 16.5. The van der Waals surface area contributed by atoms with Crippen LogP contribution < -0.4 is 10.1 Å². The Labute approximate surface area is 128 Å². The second-order valence-corrected chi connectivity index (χ2v) is 5.48. The molecule has 1 N–H and O–H groups in total. The van der Waals surface area contributed by atoms with Crippen molar-refractivity contribution in [2.24, 2.45) is 0 Å². The molecule has 114 valence electrons. The van der Waals surface area contributed by atoms with Gasteiger partial charge in [-0.05, 0) is 30.5 Å². The molecule has 3 heteroatoms. The molecule has 1 saturated carbocycles. The third-order valence-electron chi connectivity index (χ3n) is 3.55. The van der Waals surface area contributed by atoms with Crippen LogP contribution >= 0.6 is 0 Å². The van der Waals surface area contributed by atoms with E-state index in [0.717, 1.165) is 38.0 Å². The van der Waals surface area contributed by atoms with Crippen molar-refractivity contribution in [3.63, 3.8) is 0 Å². The largest absolute Gasteiger partial charge is 0.492 e. The number of rotatable bonds is 11. The standard InChI is InChI=1S/C18H26N2O/c1-3-11-20(12-4-2)13-14-21-18-9-5-16(6-10-18)15-19-17-7-8-17/h3-6,9-10,17,19H,1-2,7-8,11-15H2. The molecular formula is C18H26N2O. The van der Waals surface area contributed by atoms with Crippen molar-refractivity contribution >= 4 is 0 Å². The Morgan fingerprint density at radius 3 is 2.38 bits per heavy atom. The molecule has 0 bridgehead atoms. The van der Waals surface area contributed by atoms with Gasteiger partial charge in [0, 0.05) is 32.2 Å². The highest BCUT2D eigenvalue weighted by Gasteiger charge is 2.19. The predicted molar refractivity (Wildman–Crippen MR) is 88.6 cm³/mol. The van der Waals surface area contributed by atoms with Crippen molar-refractivity contribution in [3.05, 3.63) is 55.1 Å². The number of ether oxygens (including phenoxy) is 1. The minimum Gasteiger partial charge on any atom is -0.492 e. The zero-order chi connectivity index (χ0) is 14.9. The molecule has 0 spiro atoms. The van der Waals surface area contributed by atoms with Gasteiger partial charge in [-0.2, -0.15) is 0 Å². The number of nitrogens with zero attached hydrogens (tertiary/aromatic N) is 1. The summed E-state index contributed by atoms with van der Waals surface area (Å²) in [7, 11) is 0. The molecule has 1 aliphatic carbocycles. The van der Waals surface area contributed by atoms with Crippen molar-refractivity contribution in [2.45, 2.75) is 25.4 Å². The Morgan fingerprint density at radius 2 is 1.81 bits per heavy atom. The molecule has 21 heavy (non-hydrogen) atoms. The smallest absolute Gasteiger partial charge is 0.119 e. The van der Waals surface area contributed by atoms with Gasteiger partial charge in [0.2, 0.25) is 0 Å². The minimum atomic E-state index is 0.682. The molecule has 1 aliphatic rings. The number of hydrogen-bond acceptors (Lipinski definition) is 3. The van der Waals surface area contributed by atoms with E-state index in [0.29, 0.717) is 6.61 Å². The van der Waals surface area contributed by atoms with Crippen LogP contribution in [0.2, 0.25) is 0 Å². The van der Waals surface area contributed by atoms with Crippen LogP contribution in [0.4, 0.5) is 0 Å². The quantitative estimate of drug-likeness (QED) is 0.633. The van der Waals surface area contributed by atoms with Crippen molar-refractivity contribution in [3.8, 4) is 5.75 Å². The van der Waals surface area contributed by atoms with Crippen LogP contribution in [0.15, 0.2) is 49.6 Å². The summed E-state index contributed by atoms with van der Waals surface area (Å²) >= 11 is 0. The zero-order valence-electron chi connectivity index (χ0n) is 12.8. The SMILES string of the molecule is C=CCN(CC=C)CCOc1ccc(CNC2CC2)cc1. The zero-order valence-corrected chi connectivity index (χ0v) is 12.8. The predicted octanol–water partition coefficient (Wildman–Crippen LogP) is 2.99. The molecule has 0 aromatic heterocycles. The van der Waals surface area contributed by atoms with Gasteiger partial charge in [0.15, 0.2) is 0 Å². The summed E-state index contributed by atoms with van der Waals surface area (Å²) in [6.07, 6.45) is 6.47. The van der Waals surface area contributed by atoms with Gasteiger partial charge in [0.1, 0.15) is 12.4 Å². The Bertz CT molecular complexity index is 427. The van der Waals surface area contributed by atoms with E-state index in [1.165, 1.54) is 18.4 Å². The molecule has 1 fully saturated rings. The van der Waals surface area contributed by atoms with E-state index in [1.54, 1.807) is 0 Å². The Kier molecular flexibility index (Phi) is 6.51. The Balaban J connectivity index is 1.69. The first-order chi connectivity index (χ1) is 10.3. The van der Waals surface area contributed by atoms with Gasteiger partial charge >= 0.3 is 0 Å². The van der Waals surface area contributed by atoms with E-state index < -0.39 is 0 Å². The van der Waals surface area contributed by atoms with Crippen LogP contribution in [0.25, 0.3) is 0 Å². The molecule has 0 atom stereocenters. The molecule has 0 heterocycles. The molecule has 0 radical (unpaired) electrons. The van der Waals surface area contributed by atoms with Gasteiger partial charge in [-0.15, -0.1) is 13.2 Å². The highest BCUT2D eigenvalue weighted by molar-refractivity contribution is 5.27. The second-order valence-electron chi connectivity index (χ2n) is 5.48. The lowest BCUT2D eigenvalue weighted by atomic mass is 10.2. The van der Waals surface area contributed by atoms with Gasteiger partial charge in [-0.1, -0.05) is 24.3 Å². The van der Waals surface area contributed by atoms with Crippen LogP contribution in [0.3, 0.4) is 0 Å². The summed E-state index contributed by atoms with van der Waals surface area (Å²) in [5.41, 5.74) is 1.31. The minimum absolute atomic E-state index is 0.682. The summed E-state index contributed by atoms with van der Waals surface area (Å²) in [6.45, 7) is 11.8. The van der Waals surface area contributed by atoms with E-state index in [9.17, 15) is 0 Å². The fourth-order valence-electron chi connectivity index (χ4n) is 2.17. The van der Waals surface area contributed by atoms with E-state index >= 15 is 0 Å². The fraction of sp³-hybridized carbons (Fsp3) is 0.444. The lowest BCUT2D eigenvalue weighted by Gasteiger charge is -2.18. The second kappa shape index (κ2) is 8.65. The van der Waals surface area contributed by atoms with E-state index in [4.69, 9.17) is 4.74 Å². The number of benzene rings is 1. The summed E-state index contributed by atoms with van der Waals surface area (Å²) < 4.78 is 5.79. The van der Waals surface area contributed by atoms with Crippen LogP contribution in [-0.4, -0.2) is 37.2 Å². The summed E-state index contributed by atoms with van der Waals surface area (Å²) in [6, 6.07) is 9.12. The maximum Gasteiger partial charge on any atom is 0.119 e. The number of hydrogen-bond donors (Lipinski definition) is 1. The fourth-order valence-corrected chi connectivity index (χ4v) is 2.17. The maximum atomic E-state index is 5.79. The van der Waals surface area contributed by atoms with Gasteiger partial charge in [0.05, 0.1) is 0 Å². The monoisotopic (exact) mass is 286 g/mol. The van der Waals surface area contributed by atoms with Gasteiger partial charge < -0.3 is 10.1 Å². The van der Waals surface area contributed by atoms with Gasteiger partial charge in [-0.25, -0.2) is 0 Å². The van der Waals surface area contributed by atoms with E-state index in [2.05, 4.69) is 47.6 Å². The molecule has 0 amide bonds. The normalized spacial score (nSPS) is 14.1. The molecule has 0 unspecified atom stereocenters. The van der Waals surface area contributed by atoms with Crippen molar-refractivity contribution < 1.29 is 4.74 Å². The Hall–Kier alpha value is -1.58. The highest BCUT2D eigenvalue weighted by Crippen LogP contribution is 2.19. The maximum absolute atomic E-state index is 5.79. The Morgan fingerprint density at radius 1 is 1.14 bits per heavy atom. The average molecular weight is 286 g/mol. The average Bonchev–Trinajstić information content (AvgIpc) is 3.31. The van der Waals surface area contributed by atoms with E-state index in [1.807, 2.05) is 12.2 Å². The summed E-state index contributed by atoms with van der Waals surface area (Å²) in [4.78, 5) is 2.24. The first-order valence-corrected chi connectivity index (χ1v) is 7.71. The third kappa shape index (κ3) is 6.15. The van der Waals surface area contributed by atoms with Crippen LogP contribution in [-0.2, 0) is 6.54 Å². The molecule has 1 aromatic rings. The summed E-state index contributed by atoms with van der Waals surface area (Å²) in [5, 5.41) is 3.51. The molecule has 1 aromatic carbocycles. The third-order valence-corrected chi connectivity index (χ3v) is 3.55. The topological polar surface area (TPSA) is 24.5 Å². The molecule has 3 nitrogen and oxygen atoms in total. The summed E-state index contributed by atoms with van der Waals surface area (Å²) in [5.74, 6) is 0.933. The van der Waals surface area contributed by atoms with Crippen molar-refractivity contribution in [2.75, 3.05) is 26.2 Å². The molecule has 0 saturated heterocycles. The van der Waals surface area contributed by atoms with Gasteiger partial charge in [-0.3, -0.25) is 4.90 Å². The van der Waals surface area contributed by atoms with E-state index in [-0.39, 0.29) is 0 Å². The molecule has 0 aliphatic heterocycles. The van der Waals surface area contributed by atoms with Crippen LogP contribution in [0.5, 0.6) is 5.75 Å². The van der Waals surface area contributed by atoms with Crippen LogP contribution in [0.1, 0.15) is 18.4 Å². The first kappa shape index (κ1) is 15.8. The first-order valence-electron chi connectivity index (χ1n) is 7.71. The number of nitrogens with one attached hydrogen (secondary N) is 1. The van der Waals surface area contributed by atoms with Crippen molar-refractivity contribution in [1.82, 2.24) is 10.2 Å². The van der Waals surface area contributed by atoms with Crippen molar-refractivity contribution in [1.29, 1.82) is 0 Å². The lowest BCUT2D eigenvalue weighted by Crippen LogP contribution is -2.28.